The van der Waals surface area contributed by atoms with Crippen molar-refractivity contribution in [1.82, 2.24) is 10.0 Å². The normalized spacial score (nSPS) is 11.9. The fraction of sp³-hybridized carbons (Fsp3) is 0.636. The van der Waals surface area contributed by atoms with Gasteiger partial charge in [-0.3, -0.25) is 0 Å². The van der Waals surface area contributed by atoms with E-state index in [0.29, 0.717) is 24.6 Å². The molecule has 5 nitrogen and oxygen atoms in total. The third-order valence-electron chi connectivity index (χ3n) is 2.31. The van der Waals surface area contributed by atoms with Gasteiger partial charge in [0.2, 0.25) is 10.0 Å². The van der Waals surface area contributed by atoms with Gasteiger partial charge < -0.3 is 9.73 Å². The Bertz CT molecular complexity index is 451. The highest BCUT2D eigenvalue weighted by molar-refractivity contribution is 7.89. The van der Waals surface area contributed by atoms with Crippen molar-refractivity contribution in [3.8, 4) is 0 Å². The summed E-state index contributed by atoms with van der Waals surface area (Å²) in [6.07, 6.45) is 1.03. The number of sulfonamides is 1. The second-order valence-corrected chi connectivity index (χ2v) is 5.66. The summed E-state index contributed by atoms with van der Waals surface area (Å²) in [5.74, 6) is 1.03. The lowest BCUT2D eigenvalue weighted by molar-refractivity contribution is 0.495. The first-order valence-electron chi connectivity index (χ1n) is 5.74. The van der Waals surface area contributed by atoms with E-state index in [4.69, 9.17) is 4.42 Å². The first-order chi connectivity index (χ1) is 7.97. The quantitative estimate of drug-likeness (QED) is 0.722. The summed E-state index contributed by atoms with van der Waals surface area (Å²) in [7, 11) is -3.44. The Kier molecular flexibility index (Phi) is 5.17. The molecule has 1 rings (SSSR count). The Hall–Kier alpha value is -0.850. The molecule has 0 aromatic carbocycles. The summed E-state index contributed by atoms with van der Waals surface area (Å²) in [5.41, 5.74) is 0. The molecule has 0 aliphatic rings. The van der Waals surface area contributed by atoms with Crippen LogP contribution in [-0.4, -0.2) is 28.1 Å². The zero-order valence-electron chi connectivity index (χ0n) is 10.5. The molecule has 0 atom stereocenters. The zero-order valence-corrected chi connectivity index (χ0v) is 11.4. The summed E-state index contributed by atoms with van der Waals surface area (Å²) in [6.45, 7) is 7.35. The highest BCUT2D eigenvalue weighted by atomic mass is 32.2. The molecule has 0 amide bonds. The number of aryl methyl sites for hydroxylation is 2. The number of furan rings is 1. The van der Waals surface area contributed by atoms with E-state index >= 15 is 0 Å². The average Bonchev–Trinajstić information content (AvgIpc) is 2.58. The molecular formula is C11H20N2O3S. The standard InChI is InChI=1S/C11H20N2O3S/c1-4-5-12-6-7-13-17(14,15)11-8-9(2)16-10(11)3/h8,12-13H,4-7H2,1-3H3. The first-order valence-corrected chi connectivity index (χ1v) is 7.23. The lowest BCUT2D eigenvalue weighted by atomic mass is 10.4. The lowest BCUT2D eigenvalue weighted by Gasteiger charge is -2.06. The molecule has 1 aromatic rings. The Morgan fingerprint density at radius 3 is 2.47 bits per heavy atom. The van der Waals surface area contributed by atoms with Crippen molar-refractivity contribution in [2.45, 2.75) is 32.1 Å². The van der Waals surface area contributed by atoms with Crippen molar-refractivity contribution < 1.29 is 12.8 Å². The van der Waals surface area contributed by atoms with Crippen LogP contribution in [0.4, 0.5) is 0 Å². The van der Waals surface area contributed by atoms with E-state index in [-0.39, 0.29) is 4.90 Å². The lowest BCUT2D eigenvalue weighted by Crippen LogP contribution is -2.32. The average molecular weight is 260 g/mol. The first kappa shape index (κ1) is 14.2. The molecule has 0 aliphatic heterocycles. The molecule has 1 aromatic heterocycles. The van der Waals surface area contributed by atoms with Crippen LogP contribution in [0, 0.1) is 13.8 Å². The van der Waals surface area contributed by atoms with E-state index in [9.17, 15) is 8.42 Å². The fourth-order valence-electron chi connectivity index (χ4n) is 1.53. The minimum absolute atomic E-state index is 0.227. The second kappa shape index (κ2) is 6.18. The van der Waals surface area contributed by atoms with Crippen molar-refractivity contribution in [2.75, 3.05) is 19.6 Å². The van der Waals surface area contributed by atoms with Crippen LogP contribution in [0.1, 0.15) is 24.9 Å². The van der Waals surface area contributed by atoms with Crippen LogP contribution in [-0.2, 0) is 10.0 Å². The Labute approximate surface area is 103 Å². The fourth-order valence-corrected chi connectivity index (χ4v) is 2.80. The van der Waals surface area contributed by atoms with E-state index in [0.717, 1.165) is 13.0 Å². The number of nitrogens with one attached hydrogen (secondary N) is 2. The third kappa shape index (κ3) is 4.14. The van der Waals surface area contributed by atoms with Gasteiger partial charge in [-0.2, -0.15) is 0 Å². The maximum atomic E-state index is 11.9. The largest absolute Gasteiger partial charge is 0.465 e. The predicted molar refractivity (Wildman–Crippen MR) is 66.5 cm³/mol. The van der Waals surface area contributed by atoms with Gasteiger partial charge >= 0.3 is 0 Å². The number of rotatable bonds is 7. The van der Waals surface area contributed by atoms with Gasteiger partial charge in [-0.05, 0) is 32.9 Å². The predicted octanol–water partition coefficient (Wildman–Crippen LogP) is 1.17. The van der Waals surface area contributed by atoms with Crippen molar-refractivity contribution in [1.29, 1.82) is 0 Å². The summed E-state index contributed by atoms with van der Waals surface area (Å²) in [4.78, 5) is 0.227. The van der Waals surface area contributed by atoms with Crippen LogP contribution >= 0.6 is 0 Å². The molecule has 1 heterocycles. The number of hydrogen-bond donors (Lipinski definition) is 2. The molecule has 0 saturated carbocycles. The highest BCUT2D eigenvalue weighted by Gasteiger charge is 2.19. The van der Waals surface area contributed by atoms with Crippen LogP contribution in [0.3, 0.4) is 0 Å². The highest BCUT2D eigenvalue weighted by Crippen LogP contribution is 2.18. The van der Waals surface area contributed by atoms with Crippen molar-refractivity contribution in [2.24, 2.45) is 0 Å². The van der Waals surface area contributed by atoms with Gasteiger partial charge in [0.1, 0.15) is 16.4 Å². The summed E-state index contributed by atoms with van der Waals surface area (Å²) in [5, 5.41) is 3.13. The molecule has 0 bridgehead atoms. The maximum Gasteiger partial charge on any atom is 0.244 e. The molecule has 0 unspecified atom stereocenters. The molecule has 98 valence electrons. The monoisotopic (exact) mass is 260 g/mol. The Morgan fingerprint density at radius 1 is 1.24 bits per heavy atom. The molecule has 2 N–H and O–H groups in total. The van der Waals surface area contributed by atoms with Gasteiger partial charge in [-0.15, -0.1) is 0 Å². The third-order valence-corrected chi connectivity index (χ3v) is 3.87. The minimum Gasteiger partial charge on any atom is -0.465 e. The summed E-state index contributed by atoms with van der Waals surface area (Å²) < 4.78 is 31.5. The smallest absolute Gasteiger partial charge is 0.244 e. The molecule has 17 heavy (non-hydrogen) atoms. The molecule has 0 spiro atoms. The molecule has 6 heteroatoms. The maximum absolute atomic E-state index is 11.9. The summed E-state index contributed by atoms with van der Waals surface area (Å²) >= 11 is 0. The van der Waals surface area contributed by atoms with E-state index in [1.807, 2.05) is 0 Å². The van der Waals surface area contributed by atoms with Crippen molar-refractivity contribution in [3.05, 3.63) is 17.6 Å². The van der Waals surface area contributed by atoms with Crippen molar-refractivity contribution >= 4 is 10.0 Å². The SMILES string of the molecule is CCCNCCNS(=O)(=O)c1cc(C)oc1C. The van der Waals surface area contributed by atoms with Crippen LogP contribution in [0.5, 0.6) is 0 Å². The van der Waals surface area contributed by atoms with Crippen LogP contribution in [0.25, 0.3) is 0 Å². The van der Waals surface area contributed by atoms with Crippen LogP contribution in [0.15, 0.2) is 15.4 Å². The zero-order chi connectivity index (χ0) is 12.9. The molecule has 0 fully saturated rings. The van der Waals surface area contributed by atoms with E-state index in [1.165, 1.54) is 6.07 Å². The van der Waals surface area contributed by atoms with Gasteiger partial charge in [-0.1, -0.05) is 6.92 Å². The van der Waals surface area contributed by atoms with Gasteiger partial charge in [0, 0.05) is 13.1 Å². The topological polar surface area (TPSA) is 71.3 Å². The minimum atomic E-state index is -3.44. The van der Waals surface area contributed by atoms with Crippen LogP contribution < -0.4 is 10.0 Å². The van der Waals surface area contributed by atoms with Crippen LogP contribution in [0.2, 0.25) is 0 Å². The van der Waals surface area contributed by atoms with Crippen molar-refractivity contribution in [3.63, 3.8) is 0 Å². The van der Waals surface area contributed by atoms with E-state index in [1.54, 1.807) is 13.8 Å². The molecule has 0 radical (unpaired) electrons. The Morgan fingerprint density at radius 2 is 1.94 bits per heavy atom. The van der Waals surface area contributed by atoms with Gasteiger partial charge in [0.05, 0.1) is 0 Å². The van der Waals surface area contributed by atoms with Gasteiger partial charge in [0.15, 0.2) is 0 Å². The molecular weight excluding hydrogens is 240 g/mol. The van der Waals surface area contributed by atoms with Gasteiger partial charge in [0.25, 0.3) is 0 Å². The second-order valence-electron chi connectivity index (χ2n) is 3.93. The van der Waals surface area contributed by atoms with Gasteiger partial charge in [-0.25, -0.2) is 13.1 Å². The molecule has 0 saturated heterocycles. The summed E-state index contributed by atoms with van der Waals surface area (Å²) in [6, 6.07) is 1.54. The molecule has 0 aliphatic carbocycles. The van der Waals surface area contributed by atoms with E-state index < -0.39 is 10.0 Å². The Balaban J connectivity index is 2.54. The number of hydrogen-bond acceptors (Lipinski definition) is 4. The van der Waals surface area contributed by atoms with E-state index in [2.05, 4.69) is 17.0 Å².